The van der Waals surface area contributed by atoms with E-state index in [0.29, 0.717) is 5.92 Å². The molecule has 1 aliphatic carbocycles. The SMILES string of the molecule is Cc1occc1C(O)C1CCOC2(CCC2)C1. The first kappa shape index (κ1) is 11.3. The van der Waals surface area contributed by atoms with Crippen molar-refractivity contribution in [1.82, 2.24) is 0 Å². The van der Waals surface area contributed by atoms with Crippen LogP contribution in [-0.2, 0) is 4.74 Å². The quantitative estimate of drug-likeness (QED) is 0.858. The number of aliphatic hydroxyl groups is 1. The molecular formula is C14H20O3. The highest BCUT2D eigenvalue weighted by Crippen LogP contribution is 2.47. The second kappa shape index (κ2) is 4.14. The van der Waals surface area contributed by atoms with Crippen LogP contribution in [0.25, 0.3) is 0 Å². The molecule has 2 fully saturated rings. The van der Waals surface area contributed by atoms with E-state index < -0.39 is 6.10 Å². The van der Waals surface area contributed by atoms with Gasteiger partial charge in [0.2, 0.25) is 0 Å². The van der Waals surface area contributed by atoms with Crippen molar-refractivity contribution < 1.29 is 14.3 Å². The Labute approximate surface area is 102 Å². The lowest BCUT2D eigenvalue weighted by atomic mass is 9.70. The molecule has 1 aromatic heterocycles. The number of furan rings is 1. The maximum atomic E-state index is 10.5. The molecule has 1 saturated carbocycles. The van der Waals surface area contributed by atoms with Crippen LogP contribution in [0.5, 0.6) is 0 Å². The van der Waals surface area contributed by atoms with Gasteiger partial charge in [-0.25, -0.2) is 0 Å². The monoisotopic (exact) mass is 236 g/mol. The lowest BCUT2D eigenvalue weighted by Gasteiger charge is -2.48. The molecule has 3 heteroatoms. The summed E-state index contributed by atoms with van der Waals surface area (Å²) in [5, 5.41) is 10.5. The predicted octanol–water partition coefficient (Wildman–Crippen LogP) is 2.97. The largest absolute Gasteiger partial charge is 0.469 e. The maximum absolute atomic E-state index is 10.5. The van der Waals surface area contributed by atoms with Crippen LogP contribution in [0.1, 0.15) is 49.5 Å². The van der Waals surface area contributed by atoms with E-state index in [4.69, 9.17) is 9.15 Å². The van der Waals surface area contributed by atoms with E-state index in [9.17, 15) is 5.11 Å². The van der Waals surface area contributed by atoms with Crippen LogP contribution in [0.4, 0.5) is 0 Å². The molecule has 1 aromatic rings. The van der Waals surface area contributed by atoms with Gasteiger partial charge in [0.1, 0.15) is 5.76 Å². The van der Waals surface area contributed by atoms with Gasteiger partial charge in [-0.2, -0.15) is 0 Å². The Balaban J connectivity index is 1.73. The average molecular weight is 236 g/mol. The summed E-state index contributed by atoms with van der Waals surface area (Å²) in [6.07, 6.45) is 6.82. The topological polar surface area (TPSA) is 42.6 Å². The summed E-state index contributed by atoms with van der Waals surface area (Å²) in [5.41, 5.74) is 1.05. The summed E-state index contributed by atoms with van der Waals surface area (Å²) in [4.78, 5) is 0. The van der Waals surface area contributed by atoms with Crippen molar-refractivity contribution in [3.63, 3.8) is 0 Å². The second-order valence-electron chi connectivity index (χ2n) is 5.51. The minimum Gasteiger partial charge on any atom is -0.469 e. The number of rotatable bonds is 2. The molecule has 2 heterocycles. The Kier molecular flexibility index (Phi) is 2.75. The summed E-state index contributed by atoms with van der Waals surface area (Å²) in [6, 6.07) is 1.89. The van der Waals surface area contributed by atoms with Crippen LogP contribution in [0, 0.1) is 12.8 Å². The summed E-state index contributed by atoms with van der Waals surface area (Å²) < 4.78 is 11.2. The minimum atomic E-state index is -0.393. The van der Waals surface area contributed by atoms with E-state index in [1.807, 2.05) is 13.0 Å². The van der Waals surface area contributed by atoms with Crippen molar-refractivity contribution in [1.29, 1.82) is 0 Å². The molecule has 17 heavy (non-hydrogen) atoms. The third-order valence-corrected chi connectivity index (χ3v) is 4.46. The number of aliphatic hydroxyl groups excluding tert-OH is 1. The van der Waals surface area contributed by atoms with E-state index in [1.165, 1.54) is 19.3 Å². The van der Waals surface area contributed by atoms with Crippen molar-refractivity contribution in [2.24, 2.45) is 5.92 Å². The Bertz CT molecular complexity index is 392. The molecule has 94 valence electrons. The normalized spacial score (nSPS) is 28.9. The summed E-state index contributed by atoms with van der Waals surface area (Å²) >= 11 is 0. The Morgan fingerprint density at radius 3 is 2.88 bits per heavy atom. The van der Waals surface area contributed by atoms with Gasteiger partial charge >= 0.3 is 0 Å². The van der Waals surface area contributed by atoms with E-state index in [-0.39, 0.29) is 5.60 Å². The van der Waals surface area contributed by atoms with Crippen molar-refractivity contribution in [2.75, 3.05) is 6.61 Å². The van der Waals surface area contributed by atoms with E-state index in [0.717, 1.165) is 30.8 Å². The second-order valence-corrected chi connectivity index (χ2v) is 5.51. The highest BCUT2D eigenvalue weighted by molar-refractivity contribution is 5.19. The lowest BCUT2D eigenvalue weighted by Crippen LogP contribution is -2.46. The van der Waals surface area contributed by atoms with Crippen LogP contribution < -0.4 is 0 Å². The molecule has 3 rings (SSSR count). The van der Waals surface area contributed by atoms with Gasteiger partial charge < -0.3 is 14.3 Å². The Morgan fingerprint density at radius 1 is 1.47 bits per heavy atom. The van der Waals surface area contributed by atoms with Crippen molar-refractivity contribution in [3.8, 4) is 0 Å². The lowest BCUT2D eigenvalue weighted by molar-refractivity contribution is -0.157. The van der Waals surface area contributed by atoms with Gasteiger partial charge in [0.15, 0.2) is 0 Å². The molecule has 1 saturated heterocycles. The number of hydrogen-bond acceptors (Lipinski definition) is 3. The first-order valence-electron chi connectivity index (χ1n) is 6.56. The van der Waals surface area contributed by atoms with Gasteiger partial charge in [-0.15, -0.1) is 0 Å². The molecule has 0 radical (unpaired) electrons. The first-order chi connectivity index (χ1) is 8.20. The molecule has 0 amide bonds. The van der Waals surface area contributed by atoms with Crippen molar-refractivity contribution in [3.05, 3.63) is 23.7 Å². The summed E-state index contributed by atoms with van der Waals surface area (Å²) in [7, 11) is 0. The fourth-order valence-corrected chi connectivity index (χ4v) is 3.21. The molecule has 1 aliphatic heterocycles. The van der Waals surface area contributed by atoms with Gasteiger partial charge in [-0.3, -0.25) is 0 Å². The molecule has 1 spiro atoms. The van der Waals surface area contributed by atoms with Crippen LogP contribution in [-0.4, -0.2) is 17.3 Å². The van der Waals surface area contributed by atoms with Gasteiger partial charge in [0, 0.05) is 12.2 Å². The van der Waals surface area contributed by atoms with Gasteiger partial charge in [-0.05, 0) is 51.0 Å². The predicted molar refractivity (Wildman–Crippen MR) is 63.7 cm³/mol. The van der Waals surface area contributed by atoms with Crippen molar-refractivity contribution in [2.45, 2.75) is 50.7 Å². The van der Waals surface area contributed by atoms with Crippen LogP contribution >= 0.6 is 0 Å². The maximum Gasteiger partial charge on any atom is 0.106 e. The molecule has 0 bridgehead atoms. The highest BCUT2D eigenvalue weighted by Gasteiger charge is 2.44. The zero-order chi connectivity index (χ0) is 11.9. The number of hydrogen-bond donors (Lipinski definition) is 1. The van der Waals surface area contributed by atoms with E-state index in [1.54, 1.807) is 6.26 Å². The van der Waals surface area contributed by atoms with Crippen LogP contribution in [0.3, 0.4) is 0 Å². The highest BCUT2D eigenvalue weighted by atomic mass is 16.5. The third-order valence-electron chi connectivity index (χ3n) is 4.46. The molecule has 2 aliphatic rings. The van der Waals surface area contributed by atoms with Gasteiger partial charge in [0.05, 0.1) is 18.0 Å². The zero-order valence-electron chi connectivity index (χ0n) is 10.3. The summed E-state index contributed by atoms with van der Waals surface area (Å²) in [6.45, 7) is 2.70. The summed E-state index contributed by atoms with van der Waals surface area (Å²) in [5.74, 6) is 1.16. The zero-order valence-corrected chi connectivity index (χ0v) is 10.3. The fraction of sp³-hybridized carbons (Fsp3) is 0.714. The molecular weight excluding hydrogens is 216 g/mol. The third kappa shape index (κ3) is 1.91. The molecule has 1 N–H and O–H groups in total. The smallest absolute Gasteiger partial charge is 0.106 e. The fourth-order valence-electron chi connectivity index (χ4n) is 3.21. The van der Waals surface area contributed by atoms with Gasteiger partial charge in [0.25, 0.3) is 0 Å². The minimum absolute atomic E-state index is 0.0987. The number of aryl methyl sites for hydroxylation is 1. The molecule has 2 unspecified atom stereocenters. The number of ether oxygens (including phenoxy) is 1. The van der Waals surface area contributed by atoms with E-state index >= 15 is 0 Å². The molecule has 2 atom stereocenters. The first-order valence-corrected chi connectivity index (χ1v) is 6.56. The average Bonchev–Trinajstić information content (AvgIpc) is 2.73. The molecule has 3 nitrogen and oxygen atoms in total. The molecule has 0 aromatic carbocycles. The Hall–Kier alpha value is -0.800. The van der Waals surface area contributed by atoms with Crippen LogP contribution in [0.2, 0.25) is 0 Å². The van der Waals surface area contributed by atoms with E-state index in [2.05, 4.69) is 0 Å². The standard InChI is InChI=1S/C14H20O3/c1-10-12(4-7-16-10)13(15)11-3-8-17-14(9-11)5-2-6-14/h4,7,11,13,15H,2-3,5-6,8-9H2,1H3. The van der Waals surface area contributed by atoms with Gasteiger partial charge in [-0.1, -0.05) is 0 Å². The van der Waals surface area contributed by atoms with Crippen molar-refractivity contribution >= 4 is 0 Å². The Morgan fingerprint density at radius 2 is 2.29 bits per heavy atom. The van der Waals surface area contributed by atoms with Crippen LogP contribution in [0.15, 0.2) is 16.7 Å².